The highest BCUT2D eigenvalue weighted by atomic mass is 19.1. The SMILES string of the molecule is CCCC(C)CCC.CCc1ccc(F)cc1. The number of halogens is 1. The van der Waals surface area contributed by atoms with E-state index in [1.165, 1.54) is 43.4 Å². The van der Waals surface area contributed by atoms with E-state index in [9.17, 15) is 4.39 Å². The molecule has 0 heterocycles. The largest absolute Gasteiger partial charge is 0.207 e. The molecule has 0 N–H and O–H groups in total. The van der Waals surface area contributed by atoms with Gasteiger partial charge in [-0.25, -0.2) is 4.39 Å². The summed E-state index contributed by atoms with van der Waals surface area (Å²) < 4.78 is 12.2. The Kier molecular flexibility index (Phi) is 9.80. The van der Waals surface area contributed by atoms with Crippen molar-refractivity contribution >= 4 is 0 Å². The molecule has 1 aromatic rings. The number of hydrogen-bond acceptors (Lipinski definition) is 0. The van der Waals surface area contributed by atoms with Crippen LogP contribution in [-0.2, 0) is 6.42 Å². The van der Waals surface area contributed by atoms with Crippen molar-refractivity contribution in [3.05, 3.63) is 35.6 Å². The second-order valence-electron chi connectivity index (χ2n) is 4.66. The van der Waals surface area contributed by atoms with Crippen LogP contribution in [0.15, 0.2) is 24.3 Å². The second kappa shape index (κ2) is 10.3. The van der Waals surface area contributed by atoms with Crippen molar-refractivity contribution in [2.75, 3.05) is 0 Å². The Morgan fingerprint density at radius 2 is 1.41 bits per heavy atom. The van der Waals surface area contributed by atoms with Gasteiger partial charge in [-0.1, -0.05) is 65.5 Å². The Labute approximate surface area is 106 Å². The molecule has 1 rings (SSSR count). The number of hydrogen-bond donors (Lipinski definition) is 0. The predicted molar refractivity (Wildman–Crippen MR) is 74.8 cm³/mol. The third kappa shape index (κ3) is 8.91. The van der Waals surface area contributed by atoms with Crippen LogP contribution >= 0.6 is 0 Å². The first kappa shape index (κ1) is 16.1. The fourth-order valence-electron chi connectivity index (χ4n) is 1.85. The molecule has 0 nitrogen and oxygen atoms in total. The molecule has 0 bridgehead atoms. The zero-order chi connectivity index (χ0) is 13.1. The number of rotatable bonds is 5. The summed E-state index contributed by atoms with van der Waals surface area (Å²) in [5.41, 5.74) is 1.18. The Hall–Kier alpha value is -0.850. The van der Waals surface area contributed by atoms with Crippen LogP contribution in [0, 0.1) is 11.7 Å². The van der Waals surface area contributed by atoms with Gasteiger partial charge >= 0.3 is 0 Å². The summed E-state index contributed by atoms with van der Waals surface area (Å²) in [4.78, 5) is 0. The van der Waals surface area contributed by atoms with Crippen molar-refractivity contribution < 1.29 is 4.39 Å². The summed E-state index contributed by atoms with van der Waals surface area (Å²) in [7, 11) is 0. The molecular weight excluding hydrogens is 211 g/mol. The van der Waals surface area contributed by atoms with Gasteiger partial charge in [-0.3, -0.25) is 0 Å². The Morgan fingerprint density at radius 3 is 1.76 bits per heavy atom. The van der Waals surface area contributed by atoms with Gasteiger partial charge in [-0.2, -0.15) is 0 Å². The van der Waals surface area contributed by atoms with E-state index in [0.717, 1.165) is 12.3 Å². The molecule has 0 amide bonds. The fourth-order valence-corrected chi connectivity index (χ4v) is 1.85. The molecule has 0 aliphatic rings. The lowest BCUT2D eigenvalue weighted by molar-refractivity contribution is 0.480. The highest BCUT2D eigenvalue weighted by Gasteiger charge is 1.95. The molecular formula is C16H27F. The zero-order valence-corrected chi connectivity index (χ0v) is 11.8. The van der Waals surface area contributed by atoms with E-state index < -0.39 is 0 Å². The van der Waals surface area contributed by atoms with Gasteiger partial charge in [0.05, 0.1) is 0 Å². The van der Waals surface area contributed by atoms with E-state index >= 15 is 0 Å². The first-order valence-electron chi connectivity index (χ1n) is 6.88. The van der Waals surface area contributed by atoms with Gasteiger partial charge in [0.2, 0.25) is 0 Å². The highest BCUT2D eigenvalue weighted by molar-refractivity contribution is 5.15. The van der Waals surface area contributed by atoms with Crippen molar-refractivity contribution in [2.24, 2.45) is 5.92 Å². The standard InChI is InChI=1S/C8H9F.C8H18/c1-2-7-3-5-8(9)6-4-7;1-4-6-8(3)7-5-2/h3-6H,2H2,1H3;8H,4-7H2,1-3H3. The highest BCUT2D eigenvalue weighted by Crippen LogP contribution is 2.10. The van der Waals surface area contributed by atoms with Crippen molar-refractivity contribution in [1.29, 1.82) is 0 Å². The van der Waals surface area contributed by atoms with Crippen molar-refractivity contribution in [1.82, 2.24) is 0 Å². The van der Waals surface area contributed by atoms with Crippen molar-refractivity contribution in [3.8, 4) is 0 Å². The van der Waals surface area contributed by atoms with Crippen LogP contribution in [0.1, 0.15) is 58.9 Å². The molecule has 0 spiro atoms. The molecule has 1 aromatic carbocycles. The van der Waals surface area contributed by atoms with Crippen LogP contribution < -0.4 is 0 Å². The Balaban J connectivity index is 0.000000304. The smallest absolute Gasteiger partial charge is 0.123 e. The van der Waals surface area contributed by atoms with Gasteiger partial charge in [0.1, 0.15) is 5.82 Å². The second-order valence-corrected chi connectivity index (χ2v) is 4.66. The lowest BCUT2D eigenvalue weighted by atomic mass is 10.0. The minimum Gasteiger partial charge on any atom is -0.207 e. The van der Waals surface area contributed by atoms with Crippen LogP contribution in [0.25, 0.3) is 0 Å². The molecule has 0 saturated carbocycles. The van der Waals surface area contributed by atoms with E-state index in [-0.39, 0.29) is 5.82 Å². The average molecular weight is 238 g/mol. The van der Waals surface area contributed by atoms with Crippen molar-refractivity contribution in [3.63, 3.8) is 0 Å². The fraction of sp³-hybridized carbons (Fsp3) is 0.625. The van der Waals surface area contributed by atoms with E-state index in [1.807, 2.05) is 6.92 Å². The minimum absolute atomic E-state index is 0.160. The van der Waals surface area contributed by atoms with Crippen LogP contribution in [0.5, 0.6) is 0 Å². The Morgan fingerprint density at radius 1 is 0.941 bits per heavy atom. The van der Waals surface area contributed by atoms with Gasteiger partial charge in [-0.05, 0) is 30.0 Å². The van der Waals surface area contributed by atoms with Crippen LogP contribution in [0.4, 0.5) is 4.39 Å². The predicted octanol–water partition coefficient (Wildman–Crippen LogP) is 5.61. The van der Waals surface area contributed by atoms with Gasteiger partial charge in [0, 0.05) is 0 Å². The van der Waals surface area contributed by atoms with Crippen LogP contribution in [-0.4, -0.2) is 0 Å². The van der Waals surface area contributed by atoms with Gasteiger partial charge in [-0.15, -0.1) is 0 Å². The van der Waals surface area contributed by atoms with Gasteiger partial charge in [0.25, 0.3) is 0 Å². The molecule has 0 atom stereocenters. The lowest BCUT2D eigenvalue weighted by Gasteiger charge is -2.05. The summed E-state index contributed by atoms with van der Waals surface area (Å²) in [5.74, 6) is 0.803. The molecule has 1 heteroatoms. The summed E-state index contributed by atoms with van der Waals surface area (Å²) >= 11 is 0. The molecule has 98 valence electrons. The first-order valence-corrected chi connectivity index (χ1v) is 6.88. The molecule has 0 radical (unpaired) electrons. The summed E-state index contributed by atoms with van der Waals surface area (Å²) in [5, 5.41) is 0. The van der Waals surface area contributed by atoms with E-state index in [2.05, 4.69) is 20.8 Å². The van der Waals surface area contributed by atoms with Gasteiger partial charge < -0.3 is 0 Å². The molecule has 0 saturated heterocycles. The normalized spacial score (nSPS) is 10.0. The maximum absolute atomic E-state index is 12.2. The Bertz CT molecular complexity index is 257. The molecule has 0 unspecified atom stereocenters. The quantitative estimate of drug-likeness (QED) is 0.625. The summed E-state index contributed by atoms with van der Waals surface area (Å²) in [6, 6.07) is 6.57. The monoisotopic (exact) mass is 238 g/mol. The molecule has 0 aliphatic heterocycles. The van der Waals surface area contributed by atoms with Crippen LogP contribution in [0.3, 0.4) is 0 Å². The average Bonchev–Trinajstić information content (AvgIpc) is 2.32. The molecule has 17 heavy (non-hydrogen) atoms. The number of benzene rings is 1. The number of aryl methyl sites for hydroxylation is 1. The molecule has 0 fully saturated rings. The van der Waals surface area contributed by atoms with Crippen LogP contribution in [0.2, 0.25) is 0 Å². The maximum Gasteiger partial charge on any atom is 0.123 e. The summed E-state index contributed by atoms with van der Waals surface area (Å²) in [6.07, 6.45) is 6.49. The topological polar surface area (TPSA) is 0 Å². The summed E-state index contributed by atoms with van der Waals surface area (Å²) in [6.45, 7) is 8.90. The van der Waals surface area contributed by atoms with Gasteiger partial charge in [0.15, 0.2) is 0 Å². The van der Waals surface area contributed by atoms with Crippen molar-refractivity contribution in [2.45, 2.75) is 59.8 Å². The first-order chi connectivity index (χ1) is 8.13. The minimum atomic E-state index is -0.160. The third-order valence-electron chi connectivity index (χ3n) is 2.88. The molecule has 0 aliphatic carbocycles. The van der Waals surface area contributed by atoms with E-state index in [1.54, 1.807) is 12.1 Å². The lowest BCUT2D eigenvalue weighted by Crippen LogP contribution is -1.91. The third-order valence-corrected chi connectivity index (χ3v) is 2.88. The van der Waals surface area contributed by atoms with E-state index in [0.29, 0.717) is 0 Å². The zero-order valence-electron chi connectivity index (χ0n) is 11.8. The van der Waals surface area contributed by atoms with E-state index in [4.69, 9.17) is 0 Å². The molecule has 0 aromatic heterocycles. The maximum atomic E-state index is 12.2.